The molecule has 1 atom stereocenters. The summed E-state index contributed by atoms with van der Waals surface area (Å²) < 4.78 is 34.3. The van der Waals surface area contributed by atoms with E-state index in [1.54, 1.807) is 0 Å². The molecule has 1 aliphatic rings. The van der Waals surface area contributed by atoms with Gasteiger partial charge in [0.1, 0.15) is 0 Å². The number of ether oxygens (including phenoxy) is 2. The van der Waals surface area contributed by atoms with Crippen LogP contribution in [0.15, 0.2) is 29.2 Å². The second kappa shape index (κ2) is 8.41. The molecule has 1 aromatic rings. The Morgan fingerprint density at radius 2 is 2.00 bits per heavy atom. The second-order valence-electron chi connectivity index (χ2n) is 5.68. The number of aliphatic carboxylic acids is 1. The Bertz CT molecular complexity index is 715. The van der Waals surface area contributed by atoms with E-state index in [0.717, 1.165) is 0 Å². The molecule has 1 amide bonds. The van der Waals surface area contributed by atoms with Crippen LogP contribution in [0.1, 0.15) is 16.8 Å². The number of methoxy groups -OCH3 is 1. The van der Waals surface area contributed by atoms with Crippen LogP contribution in [0.2, 0.25) is 0 Å². The van der Waals surface area contributed by atoms with E-state index in [0.29, 0.717) is 12.1 Å². The number of carboxylic acids is 1. The van der Waals surface area contributed by atoms with Gasteiger partial charge in [-0.3, -0.25) is 9.59 Å². The molecule has 1 aliphatic heterocycles. The average Bonchev–Trinajstić information content (AvgIpc) is 2.59. The highest BCUT2D eigenvalue weighted by atomic mass is 32.2. The molecule has 0 aromatic heterocycles. The van der Waals surface area contributed by atoms with Gasteiger partial charge in [0.05, 0.1) is 36.4 Å². The summed E-state index contributed by atoms with van der Waals surface area (Å²) in [5, 5.41) is 8.83. The van der Waals surface area contributed by atoms with E-state index in [4.69, 9.17) is 14.6 Å². The van der Waals surface area contributed by atoms with Crippen LogP contribution in [-0.2, 0) is 24.1 Å². The molecule has 0 radical (unpaired) electrons. The van der Waals surface area contributed by atoms with Crippen LogP contribution in [0.3, 0.4) is 0 Å². The fourth-order valence-electron chi connectivity index (χ4n) is 2.52. The number of benzene rings is 1. The maximum Gasteiger partial charge on any atom is 0.306 e. The summed E-state index contributed by atoms with van der Waals surface area (Å²) in [5.74, 6) is -1.39. The number of hydrogen-bond donors (Lipinski definition) is 1. The molecule has 0 saturated carbocycles. The van der Waals surface area contributed by atoms with E-state index in [1.807, 2.05) is 0 Å². The van der Waals surface area contributed by atoms with Gasteiger partial charge >= 0.3 is 5.97 Å². The summed E-state index contributed by atoms with van der Waals surface area (Å²) >= 11 is 0. The molecule has 1 fully saturated rings. The lowest BCUT2D eigenvalue weighted by molar-refractivity contribution is -0.141. The van der Waals surface area contributed by atoms with E-state index in [1.165, 1.54) is 36.3 Å². The highest BCUT2D eigenvalue weighted by molar-refractivity contribution is 7.91. The maximum absolute atomic E-state index is 12.5. The summed E-state index contributed by atoms with van der Waals surface area (Å²) in [6.07, 6.45) is -0.704. The van der Waals surface area contributed by atoms with Crippen molar-refractivity contribution < 1.29 is 32.6 Å². The smallest absolute Gasteiger partial charge is 0.306 e. The van der Waals surface area contributed by atoms with Gasteiger partial charge < -0.3 is 19.5 Å². The van der Waals surface area contributed by atoms with Crippen molar-refractivity contribution in [1.29, 1.82) is 0 Å². The fraction of sp³-hybridized carbons (Fsp3) is 0.500. The molecule has 9 heteroatoms. The standard InChI is InChI=1S/C16H21NO7S/c1-23-8-9-25(21,22)14-4-2-12(3-5-14)16(20)17-6-7-24-13(11-17)10-15(18)19/h2-5,13H,6-11H2,1H3,(H,18,19). The van der Waals surface area contributed by atoms with Crippen molar-refractivity contribution in [3.63, 3.8) is 0 Å². The van der Waals surface area contributed by atoms with Crippen LogP contribution in [0.4, 0.5) is 0 Å². The molecule has 8 nitrogen and oxygen atoms in total. The molecule has 138 valence electrons. The summed E-state index contributed by atoms with van der Waals surface area (Å²) in [5.41, 5.74) is 0.349. The number of hydrogen-bond acceptors (Lipinski definition) is 6. The SMILES string of the molecule is COCCS(=O)(=O)c1ccc(C(=O)N2CCOC(CC(=O)O)C2)cc1. The van der Waals surface area contributed by atoms with Gasteiger partial charge in [-0.1, -0.05) is 0 Å². The Balaban J connectivity index is 2.06. The largest absolute Gasteiger partial charge is 0.481 e. The third-order valence-corrected chi connectivity index (χ3v) is 5.54. The first-order valence-corrected chi connectivity index (χ1v) is 9.43. The van der Waals surface area contributed by atoms with Gasteiger partial charge in [-0.05, 0) is 24.3 Å². The fourth-order valence-corrected chi connectivity index (χ4v) is 3.69. The quantitative estimate of drug-likeness (QED) is 0.740. The van der Waals surface area contributed by atoms with Crippen LogP contribution in [0.5, 0.6) is 0 Å². The normalized spacial score (nSPS) is 18.1. The number of carbonyl (C=O) groups excluding carboxylic acids is 1. The van der Waals surface area contributed by atoms with Crippen LogP contribution < -0.4 is 0 Å². The average molecular weight is 371 g/mol. The molecule has 0 spiro atoms. The highest BCUT2D eigenvalue weighted by Crippen LogP contribution is 2.16. The van der Waals surface area contributed by atoms with Gasteiger partial charge in [-0.15, -0.1) is 0 Å². The molecule has 1 unspecified atom stereocenters. The summed E-state index contributed by atoms with van der Waals surface area (Å²) in [6.45, 7) is 0.927. The molecule has 0 bridgehead atoms. The Labute approximate surface area is 146 Å². The zero-order valence-electron chi connectivity index (χ0n) is 13.9. The third kappa shape index (κ3) is 5.25. The van der Waals surface area contributed by atoms with Gasteiger partial charge in [0.15, 0.2) is 9.84 Å². The lowest BCUT2D eigenvalue weighted by Crippen LogP contribution is -2.46. The van der Waals surface area contributed by atoms with E-state index >= 15 is 0 Å². The van der Waals surface area contributed by atoms with Gasteiger partial charge in [-0.25, -0.2) is 8.42 Å². The number of morpholine rings is 1. The number of nitrogens with zero attached hydrogens (tertiary/aromatic N) is 1. The Morgan fingerprint density at radius 1 is 1.32 bits per heavy atom. The molecule has 25 heavy (non-hydrogen) atoms. The van der Waals surface area contributed by atoms with E-state index < -0.39 is 21.9 Å². The monoisotopic (exact) mass is 371 g/mol. The van der Waals surface area contributed by atoms with Crippen molar-refractivity contribution in [2.24, 2.45) is 0 Å². The van der Waals surface area contributed by atoms with Crippen LogP contribution in [0, 0.1) is 0 Å². The molecule has 1 heterocycles. The van der Waals surface area contributed by atoms with Gasteiger partial charge in [0, 0.05) is 25.8 Å². The predicted octanol–water partition coefficient (Wildman–Crippen LogP) is 0.422. The number of carboxylic acid groups (broad SMARTS) is 1. The van der Waals surface area contributed by atoms with E-state index in [2.05, 4.69) is 0 Å². The van der Waals surface area contributed by atoms with Gasteiger partial charge in [0.25, 0.3) is 5.91 Å². The van der Waals surface area contributed by atoms with E-state index in [9.17, 15) is 18.0 Å². The molecular weight excluding hydrogens is 350 g/mol. The first-order valence-electron chi connectivity index (χ1n) is 7.78. The maximum atomic E-state index is 12.5. The lowest BCUT2D eigenvalue weighted by atomic mass is 10.1. The number of carbonyl (C=O) groups is 2. The van der Waals surface area contributed by atoms with Crippen molar-refractivity contribution in [3.05, 3.63) is 29.8 Å². The van der Waals surface area contributed by atoms with Crippen molar-refractivity contribution in [3.8, 4) is 0 Å². The molecule has 1 aromatic carbocycles. The zero-order valence-corrected chi connectivity index (χ0v) is 14.7. The van der Waals surface area contributed by atoms with Gasteiger partial charge in [0.2, 0.25) is 0 Å². The first kappa shape index (κ1) is 19.4. The molecule has 0 aliphatic carbocycles. The van der Waals surface area contributed by atoms with Crippen molar-refractivity contribution >= 4 is 21.7 Å². The number of amides is 1. The summed E-state index contributed by atoms with van der Waals surface area (Å²) in [4.78, 5) is 24.9. The van der Waals surface area contributed by atoms with Crippen molar-refractivity contribution in [1.82, 2.24) is 4.90 Å². The number of rotatable bonds is 7. The predicted molar refractivity (Wildman–Crippen MR) is 88.3 cm³/mol. The minimum Gasteiger partial charge on any atom is -0.481 e. The molecule has 2 rings (SSSR count). The summed E-state index contributed by atoms with van der Waals surface area (Å²) in [6, 6.07) is 5.72. The molecular formula is C16H21NO7S. The van der Waals surface area contributed by atoms with Gasteiger partial charge in [-0.2, -0.15) is 0 Å². The van der Waals surface area contributed by atoms with Crippen LogP contribution in [0.25, 0.3) is 0 Å². The lowest BCUT2D eigenvalue weighted by Gasteiger charge is -2.32. The minimum absolute atomic E-state index is 0.0990. The first-order chi connectivity index (χ1) is 11.8. The minimum atomic E-state index is -3.45. The second-order valence-corrected chi connectivity index (χ2v) is 7.79. The van der Waals surface area contributed by atoms with Crippen LogP contribution >= 0.6 is 0 Å². The van der Waals surface area contributed by atoms with Crippen LogP contribution in [-0.4, -0.2) is 75.6 Å². The topological polar surface area (TPSA) is 110 Å². The Kier molecular flexibility index (Phi) is 6.51. The number of sulfone groups is 1. The zero-order chi connectivity index (χ0) is 18.4. The Morgan fingerprint density at radius 3 is 2.60 bits per heavy atom. The van der Waals surface area contributed by atoms with Crippen molar-refractivity contribution in [2.75, 3.05) is 39.2 Å². The summed E-state index contributed by atoms with van der Waals surface area (Å²) in [7, 11) is -2.02. The molecule has 1 N–H and O–H groups in total. The molecule has 1 saturated heterocycles. The Hall–Kier alpha value is -1.97. The van der Waals surface area contributed by atoms with E-state index in [-0.39, 0.29) is 42.7 Å². The highest BCUT2D eigenvalue weighted by Gasteiger charge is 2.26. The third-order valence-electron chi connectivity index (χ3n) is 3.84. The van der Waals surface area contributed by atoms with Crippen molar-refractivity contribution in [2.45, 2.75) is 17.4 Å².